The molecular weight excluding hydrogens is 440 g/mol. The third kappa shape index (κ3) is 5.08. The maximum Gasteiger partial charge on any atom is 0.164 e. The van der Waals surface area contributed by atoms with Gasteiger partial charge in [-0.1, -0.05) is 62.6 Å². The first kappa shape index (κ1) is 24.9. The molecule has 5 heteroatoms. The lowest BCUT2D eigenvalue weighted by Gasteiger charge is -2.33. The smallest absolute Gasteiger partial charge is 0.164 e. The summed E-state index contributed by atoms with van der Waals surface area (Å²) in [4.78, 5) is 10.8. The molecule has 0 bridgehead atoms. The molecule has 0 aliphatic heterocycles. The molecule has 1 nitrogen and oxygen atoms in total. The molecule has 4 atom stereocenters. The van der Waals surface area contributed by atoms with Crippen LogP contribution in [0.15, 0.2) is 70.4 Å². The molecule has 0 spiro atoms. The van der Waals surface area contributed by atoms with Crippen LogP contribution >= 0.6 is 0 Å². The molecule has 184 valence electrons. The SMILES string of the molecule is CCCCC1CCC(C2=CCC(C3C=CC(C4=CC=C(C=O)C(F)C4F)=CC3)C(F)=C2F)CC1. The molecule has 0 N–H and O–H groups in total. The molecule has 0 saturated heterocycles. The van der Waals surface area contributed by atoms with Gasteiger partial charge in [-0.3, -0.25) is 4.79 Å². The normalized spacial score (nSPS) is 34.3. The van der Waals surface area contributed by atoms with Crippen molar-refractivity contribution in [2.45, 2.75) is 77.1 Å². The summed E-state index contributed by atoms with van der Waals surface area (Å²) < 4.78 is 58.9. The zero-order chi connectivity index (χ0) is 24.2. The van der Waals surface area contributed by atoms with Crippen molar-refractivity contribution in [3.63, 3.8) is 0 Å². The van der Waals surface area contributed by atoms with Gasteiger partial charge in [0.15, 0.2) is 18.2 Å². The molecule has 4 unspecified atom stereocenters. The van der Waals surface area contributed by atoms with E-state index in [0.29, 0.717) is 30.3 Å². The number of unbranched alkanes of at least 4 members (excludes halogenated alkanes) is 1. The minimum Gasteiger partial charge on any atom is -0.298 e. The van der Waals surface area contributed by atoms with E-state index in [-0.39, 0.29) is 23.0 Å². The predicted octanol–water partition coefficient (Wildman–Crippen LogP) is 8.32. The van der Waals surface area contributed by atoms with Gasteiger partial charge in [-0.25, -0.2) is 17.6 Å². The monoisotopic (exact) mass is 474 g/mol. The molecule has 0 amide bonds. The van der Waals surface area contributed by atoms with Crippen molar-refractivity contribution in [3.05, 3.63) is 70.4 Å². The number of halogens is 4. The minimum absolute atomic E-state index is 0.107. The van der Waals surface area contributed by atoms with E-state index >= 15 is 8.78 Å². The van der Waals surface area contributed by atoms with Gasteiger partial charge in [0, 0.05) is 11.5 Å². The Morgan fingerprint density at radius 2 is 1.74 bits per heavy atom. The van der Waals surface area contributed by atoms with Crippen LogP contribution in [0, 0.1) is 23.7 Å². The second-order valence-electron chi connectivity index (χ2n) is 10.2. The van der Waals surface area contributed by atoms with E-state index in [1.54, 1.807) is 18.2 Å². The first-order chi connectivity index (χ1) is 16.4. The van der Waals surface area contributed by atoms with Crippen molar-refractivity contribution in [1.29, 1.82) is 0 Å². The molecule has 4 aliphatic rings. The molecule has 0 aromatic carbocycles. The number of carbonyl (C=O) groups excluding carboxylic acids is 1. The number of rotatable bonds is 7. The third-order valence-corrected chi connectivity index (χ3v) is 8.08. The number of aldehydes is 1. The molecule has 1 saturated carbocycles. The highest BCUT2D eigenvalue weighted by molar-refractivity contribution is 5.77. The van der Waals surface area contributed by atoms with Crippen LogP contribution in [0.25, 0.3) is 0 Å². The Morgan fingerprint density at radius 1 is 0.971 bits per heavy atom. The van der Waals surface area contributed by atoms with E-state index < -0.39 is 29.9 Å². The summed E-state index contributed by atoms with van der Waals surface area (Å²) in [6.07, 6.45) is 14.9. The van der Waals surface area contributed by atoms with Gasteiger partial charge in [0.05, 0.1) is 0 Å². The summed E-state index contributed by atoms with van der Waals surface area (Å²) in [5, 5.41) is 0. The number of hydrogen-bond donors (Lipinski definition) is 0. The molecule has 4 rings (SSSR count). The molecule has 1 fully saturated rings. The van der Waals surface area contributed by atoms with Gasteiger partial charge in [0.1, 0.15) is 12.1 Å². The Kier molecular flexibility index (Phi) is 8.10. The molecular formula is C29H34F4O. The number of hydrogen-bond acceptors (Lipinski definition) is 1. The minimum atomic E-state index is -1.98. The molecule has 0 aromatic rings. The first-order valence-corrected chi connectivity index (χ1v) is 12.7. The molecule has 0 aromatic heterocycles. The summed E-state index contributed by atoms with van der Waals surface area (Å²) in [5.41, 5.74) is 1.05. The fraction of sp³-hybridized carbons (Fsp3) is 0.552. The quantitative estimate of drug-likeness (QED) is 0.268. The molecule has 0 heterocycles. The maximum absolute atomic E-state index is 15.2. The van der Waals surface area contributed by atoms with Crippen molar-refractivity contribution in [2.24, 2.45) is 23.7 Å². The Bertz CT molecular complexity index is 959. The van der Waals surface area contributed by atoms with E-state index in [2.05, 4.69) is 6.92 Å². The molecule has 34 heavy (non-hydrogen) atoms. The van der Waals surface area contributed by atoms with Crippen LogP contribution in [0.2, 0.25) is 0 Å². The topological polar surface area (TPSA) is 17.1 Å². The Balaban J connectivity index is 1.38. The van der Waals surface area contributed by atoms with Crippen molar-refractivity contribution < 1.29 is 22.4 Å². The first-order valence-electron chi connectivity index (χ1n) is 12.7. The van der Waals surface area contributed by atoms with E-state index in [1.807, 2.05) is 6.08 Å². The lowest BCUT2D eigenvalue weighted by Crippen LogP contribution is -2.27. The zero-order valence-electron chi connectivity index (χ0n) is 19.8. The average molecular weight is 475 g/mol. The number of carbonyl (C=O) groups is 1. The highest BCUT2D eigenvalue weighted by Gasteiger charge is 2.36. The standard InChI is InChI=1S/C29H34F4O/c1-2-3-4-18-5-7-19(8-6-18)24-15-16-25(29(33)28(24)32)21-11-9-20(10-12-21)23-14-13-22(17-34)26(30)27(23)31/h9-11,13-15,17-19,21,25-27H,2-8,12,16H2,1H3. The zero-order valence-corrected chi connectivity index (χ0v) is 19.8. The maximum atomic E-state index is 15.2. The van der Waals surface area contributed by atoms with Gasteiger partial charge in [0.25, 0.3) is 0 Å². The molecule has 0 radical (unpaired) electrons. The summed E-state index contributed by atoms with van der Waals surface area (Å²) in [6, 6.07) is 0. The summed E-state index contributed by atoms with van der Waals surface area (Å²) in [6.45, 7) is 2.20. The van der Waals surface area contributed by atoms with Gasteiger partial charge < -0.3 is 0 Å². The van der Waals surface area contributed by atoms with Gasteiger partial charge in [0.2, 0.25) is 0 Å². The van der Waals surface area contributed by atoms with Gasteiger partial charge in [-0.05, 0) is 73.0 Å². The van der Waals surface area contributed by atoms with Crippen molar-refractivity contribution in [1.82, 2.24) is 0 Å². The second-order valence-corrected chi connectivity index (χ2v) is 10.2. The highest BCUT2D eigenvalue weighted by Crippen LogP contribution is 2.46. The van der Waals surface area contributed by atoms with Gasteiger partial charge >= 0.3 is 0 Å². The summed E-state index contributed by atoms with van der Waals surface area (Å²) >= 11 is 0. The van der Waals surface area contributed by atoms with E-state index in [4.69, 9.17) is 0 Å². The Morgan fingerprint density at radius 3 is 2.38 bits per heavy atom. The Hall–Kier alpha value is -2.17. The van der Waals surface area contributed by atoms with Gasteiger partial charge in [-0.15, -0.1) is 0 Å². The fourth-order valence-corrected chi connectivity index (χ4v) is 5.92. The molecule has 4 aliphatic carbocycles. The van der Waals surface area contributed by atoms with Crippen molar-refractivity contribution >= 4 is 6.29 Å². The van der Waals surface area contributed by atoms with E-state index in [0.717, 1.165) is 31.6 Å². The largest absolute Gasteiger partial charge is 0.298 e. The lowest BCUT2D eigenvalue weighted by atomic mass is 9.73. The summed E-state index contributed by atoms with van der Waals surface area (Å²) in [7, 11) is 0. The van der Waals surface area contributed by atoms with Gasteiger partial charge in [-0.2, -0.15) is 0 Å². The van der Waals surface area contributed by atoms with E-state index in [9.17, 15) is 13.6 Å². The van der Waals surface area contributed by atoms with Crippen molar-refractivity contribution in [2.75, 3.05) is 0 Å². The van der Waals surface area contributed by atoms with Crippen LogP contribution in [-0.4, -0.2) is 18.6 Å². The van der Waals surface area contributed by atoms with Crippen LogP contribution in [0.1, 0.15) is 64.7 Å². The van der Waals surface area contributed by atoms with Crippen LogP contribution in [0.4, 0.5) is 17.6 Å². The van der Waals surface area contributed by atoms with Crippen LogP contribution in [0.5, 0.6) is 0 Å². The Labute approximate surface area is 200 Å². The van der Waals surface area contributed by atoms with Crippen LogP contribution < -0.4 is 0 Å². The predicted molar refractivity (Wildman–Crippen MR) is 128 cm³/mol. The van der Waals surface area contributed by atoms with Crippen LogP contribution in [0.3, 0.4) is 0 Å². The third-order valence-electron chi connectivity index (χ3n) is 8.08. The number of allylic oxidation sites excluding steroid dienone is 12. The fourth-order valence-electron chi connectivity index (χ4n) is 5.92. The van der Waals surface area contributed by atoms with Crippen LogP contribution in [-0.2, 0) is 4.79 Å². The second kappa shape index (κ2) is 11.0. The highest BCUT2D eigenvalue weighted by atomic mass is 19.2. The number of alkyl halides is 2. The van der Waals surface area contributed by atoms with E-state index in [1.165, 1.54) is 31.4 Å². The average Bonchev–Trinajstić information content (AvgIpc) is 2.87. The lowest BCUT2D eigenvalue weighted by molar-refractivity contribution is -0.105. The van der Waals surface area contributed by atoms with Crippen molar-refractivity contribution in [3.8, 4) is 0 Å². The summed E-state index contributed by atoms with van der Waals surface area (Å²) in [5.74, 6) is -1.33.